The number of benzene rings is 3. The molecule has 0 aliphatic rings. The smallest absolute Gasteiger partial charge is 0.145 e. The Hall–Kier alpha value is -3.13. The van der Waals surface area contributed by atoms with E-state index in [1.165, 1.54) is 55.2 Å². The van der Waals surface area contributed by atoms with E-state index >= 15 is 0 Å². The number of rotatable bonds is 3. The summed E-state index contributed by atoms with van der Waals surface area (Å²) >= 11 is 0. The molecule has 0 aliphatic heterocycles. The lowest BCUT2D eigenvalue weighted by Gasteiger charge is -2.20. The summed E-state index contributed by atoms with van der Waals surface area (Å²) in [7, 11) is 0. The number of hydrogen-bond acceptors (Lipinski definition) is 1. The molecule has 0 fully saturated rings. The van der Waals surface area contributed by atoms with Crippen LogP contribution in [0.5, 0.6) is 0 Å². The molecule has 0 bridgehead atoms. The summed E-state index contributed by atoms with van der Waals surface area (Å²) in [5, 5.41) is 3.90. The summed E-state index contributed by atoms with van der Waals surface area (Å²) in [5.74, 6) is 0.424. The van der Waals surface area contributed by atoms with E-state index in [0.717, 1.165) is 12.1 Å². The minimum Gasteiger partial charge on any atom is -0.292 e. The largest absolute Gasteiger partial charge is 0.292 e. The van der Waals surface area contributed by atoms with Gasteiger partial charge in [0.05, 0.1) is 17.4 Å². The molecule has 0 saturated carbocycles. The van der Waals surface area contributed by atoms with E-state index in [-0.39, 0.29) is 5.41 Å². The highest BCUT2D eigenvalue weighted by molar-refractivity contribution is 6.14. The fraction of sp³-hybridized carbons (Fsp3) is 0.323. The van der Waals surface area contributed by atoms with Gasteiger partial charge in [0.2, 0.25) is 0 Å². The number of hydrogen-bond donors (Lipinski definition) is 0. The number of imidazole rings is 1. The zero-order valence-corrected chi connectivity index (χ0v) is 21.0. The predicted molar refractivity (Wildman–Crippen MR) is 142 cm³/mol. The fourth-order valence-corrected chi connectivity index (χ4v) is 5.41. The molecule has 0 unspecified atom stereocenters. The molecule has 5 aromatic rings. The van der Waals surface area contributed by atoms with Gasteiger partial charge >= 0.3 is 0 Å². The van der Waals surface area contributed by atoms with Gasteiger partial charge in [0.1, 0.15) is 5.65 Å². The molecule has 0 amide bonds. The van der Waals surface area contributed by atoms with Crippen LogP contribution in [0, 0.1) is 19.3 Å². The molecule has 168 valence electrons. The van der Waals surface area contributed by atoms with Crippen molar-refractivity contribution >= 4 is 27.3 Å². The van der Waals surface area contributed by atoms with Gasteiger partial charge in [-0.25, -0.2) is 4.98 Å². The van der Waals surface area contributed by atoms with E-state index in [1.54, 1.807) is 0 Å². The molecule has 2 nitrogen and oxygen atoms in total. The quantitative estimate of drug-likeness (QED) is 0.260. The average molecular weight is 435 g/mol. The second-order valence-electron chi connectivity index (χ2n) is 11.1. The van der Waals surface area contributed by atoms with Gasteiger partial charge < -0.3 is 0 Å². The van der Waals surface area contributed by atoms with Crippen LogP contribution in [0.4, 0.5) is 0 Å². The predicted octanol–water partition coefficient (Wildman–Crippen LogP) is 8.64. The molecule has 0 N–H and O–H groups in total. The summed E-state index contributed by atoms with van der Waals surface area (Å²) in [4.78, 5) is 5.04. The average Bonchev–Trinajstić information content (AvgIpc) is 3.17. The molecule has 2 aromatic heterocycles. The summed E-state index contributed by atoms with van der Waals surface area (Å²) in [6.45, 7) is 15.9. The topological polar surface area (TPSA) is 17.3 Å². The monoisotopic (exact) mass is 434 g/mol. The van der Waals surface area contributed by atoms with E-state index in [4.69, 9.17) is 4.98 Å². The zero-order chi connectivity index (χ0) is 23.5. The molecular weight excluding hydrogens is 400 g/mol. The fourth-order valence-electron chi connectivity index (χ4n) is 5.41. The van der Waals surface area contributed by atoms with Crippen LogP contribution in [0.1, 0.15) is 62.8 Å². The van der Waals surface area contributed by atoms with Gasteiger partial charge in [-0.3, -0.25) is 4.40 Å². The van der Waals surface area contributed by atoms with Crippen molar-refractivity contribution in [3.05, 3.63) is 83.0 Å². The van der Waals surface area contributed by atoms with Crippen molar-refractivity contribution in [2.75, 3.05) is 0 Å². The van der Waals surface area contributed by atoms with Gasteiger partial charge in [-0.15, -0.1) is 0 Å². The van der Waals surface area contributed by atoms with Crippen LogP contribution in [0.25, 0.3) is 38.6 Å². The van der Waals surface area contributed by atoms with Crippen molar-refractivity contribution in [1.82, 2.24) is 9.38 Å². The van der Waals surface area contributed by atoms with Crippen molar-refractivity contribution in [3.63, 3.8) is 0 Å². The van der Waals surface area contributed by atoms with Crippen LogP contribution in [0.2, 0.25) is 0 Å². The van der Waals surface area contributed by atoms with E-state index in [0.29, 0.717) is 5.92 Å². The molecule has 33 heavy (non-hydrogen) atoms. The summed E-state index contributed by atoms with van der Waals surface area (Å²) in [6, 6.07) is 20.3. The van der Waals surface area contributed by atoms with Gasteiger partial charge in [-0.2, -0.15) is 0 Å². The lowest BCUT2D eigenvalue weighted by atomic mass is 9.87. The lowest BCUT2D eigenvalue weighted by molar-refractivity contribution is 0.411. The molecule has 0 radical (unpaired) electrons. The van der Waals surface area contributed by atoms with Gasteiger partial charge in [0, 0.05) is 16.3 Å². The first-order valence-corrected chi connectivity index (χ1v) is 12.1. The van der Waals surface area contributed by atoms with Gasteiger partial charge in [-0.1, -0.05) is 77.1 Å². The Morgan fingerprint density at radius 2 is 1.58 bits per heavy atom. The van der Waals surface area contributed by atoms with Crippen LogP contribution in [-0.4, -0.2) is 9.38 Å². The van der Waals surface area contributed by atoms with E-state index in [9.17, 15) is 0 Å². The van der Waals surface area contributed by atoms with Crippen LogP contribution in [-0.2, 0) is 6.42 Å². The van der Waals surface area contributed by atoms with Gasteiger partial charge in [-0.05, 0) is 71.4 Å². The highest BCUT2D eigenvalue weighted by atomic mass is 15.0. The maximum atomic E-state index is 5.04. The maximum absolute atomic E-state index is 5.04. The maximum Gasteiger partial charge on any atom is 0.145 e. The third kappa shape index (κ3) is 3.62. The second-order valence-corrected chi connectivity index (χ2v) is 11.1. The van der Waals surface area contributed by atoms with E-state index in [1.807, 2.05) is 0 Å². The van der Waals surface area contributed by atoms with Gasteiger partial charge in [0.15, 0.2) is 0 Å². The highest BCUT2D eigenvalue weighted by Gasteiger charge is 2.20. The Labute approximate surface area is 197 Å². The molecule has 0 atom stereocenters. The minimum absolute atomic E-state index is 0.245. The van der Waals surface area contributed by atoms with Crippen LogP contribution < -0.4 is 0 Å². The van der Waals surface area contributed by atoms with Crippen molar-refractivity contribution in [2.45, 2.75) is 60.8 Å². The van der Waals surface area contributed by atoms with Crippen molar-refractivity contribution < 1.29 is 0 Å². The van der Waals surface area contributed by atoms with Crippen LogP contribution in [0.15, 0.2) is 60.8 Å². The number of aromatic nitrogens is 2. The zero-order valence-electron chi connectivity index (χ0n) is 21.0. The Balaban J connectivity index is 1.97. The SMILES string of the molecule is Cc1cccc(C)c1-c1cnc2c3c(C(C)C)cccc3c3cc(CC(C)(C)C)ccc3n12. The Bertz CT molecular complexity index is 1490. The number of fused-ring (bicyclic) bond motifs is 6. The molecule has 2 heterocycles. The summed E-state index contributed by atoms with van der Waals surface area (Å²) in [6.07, 6.45) is 3.13. The Kier molecular flexibility index (Phi) is 5.08. The first-order valence-electron chi connectivity index (χ1n) is 12.1. The second kappa shape index (κ2) is 7.73. The highest BCUT2D eigenvalue weighted by Crippen LogP contribution is 2.39. The Morgan fingerprint density at radius 1 is 0.879 bits per heavy atom. The van der Waals surface area contributed by atoms with Crippen LogP contribution >= 0.6 is 0 Å². The third-order valence-corrected chi connectivity index (χ3v) is 6.77. The molecule has 0 spiro atoms. The standard InChI is InChI=1S/C31H34N2/c1-19(2)23-12-9-13-24-25-16-22(17-31(5,6)7)14-15-26(25)33-27(18-32-30(33)29(23)24)28-20(3)10-8-11-21(28)4/h8-16,18-19H,17H2,1-7H3. The lowest BCUT2D eigenvalue weighted by Crippen LogP contribution is -2.09. The molecule has 0 aliphatic carbocycles. The molecule has 0 saturated heterocycles. The first-order chi connectivity index (χ1) is 15.7. The van der Waals surface area contributed by atoms with Crippen molar-refractivity contribution in [2.24, 2.45) is 5.41 Å². The van der Waals surface area contributed by atoms with Gasteiger partial charge in [0.25, 0.3) is 0 Å². The first kappa shape index (κ1) is 21.7. The number of pyridine rings is 1. The van der Waals surface area contributed by atoms with E-state index < -0.39 is 0 Å². The number of nitrogens with zero attached hydrogens (tertiary/aromatic N) is 2. The Morgan fingerprint density at radius 3 is 2.24 bits per heavy atom. The molecular formula is C31H34N2. The summed E-state index contributed by atoms with van der Waals surface area (Å²) in [5.41, 5.74) is 10.3. The molecule has 5 rings (SSSR count). The molecule has 2 heteroatoms. The van der Waals surface area contributed by atoms with Crippen LogP contribution in [0.3, 0.4) is 0 Å². The normalized spacial score (nSPS) is 12.5. The van der Waals surface area contributed by atoms with E-state index in [2.05, 4.69) is 114 Å². The minimum atomic E-state index is 0.245. The number of aryl methyl sites for hydroxylation is 2. The van der Waals surface area contributed by atoms with Crippen molar-refractivity contribution in [1.29, 1.82) is 0 Å². The van der Waals surface area contributed by atoms with Crippen molar-refractivity contribution in [3.8, 4) is 11.3 Å². The third-order valence-electron chi connectivity index (χ3n) is 6.77. The summed E-state index contributed by atoms with van der Waals surface area (Å²) < 4.78 is 2.40. The molecule has 3 aromatic carbocycles.